The van der Waals surface area contributed by atoms with Gasteiger partial charge in [-0.25, -0.2) is 0 Å². The van der Waals surface area contributed by atoms with Gasteiger partial charge in [-0.05, 0) is 32.2 Å². The molecule has 0 aromatic heterocycles. The fourth-order valence-corrected chi connectivity index (χ4v) is 2.35. The van der Waals surface area contributed by atoms with Crippen molar-refractivity contribution in [2.24, 2.45) is 5.92 Å². The van der Waals surface area contributed by atoms with Gasteiger partial charge >= 0.3 is 0 Å². The van der Waals surface area contributed by atoms with Crippen molar-refractivity contribution >= 4 is 0 Å². The molecule has 1 aliphatic rings. The number of aliphatic hydroxyl groups is 1. The average Bonchev–Trinajstić information content (AvgIpc) is 2.20. The predicted octanol–water partition coefficient (Wildman–Crippen LogP) is 2.27. The SMILES string of the molecule is CCC(CC)CC1(O)CCN(C)CC1. The lowest BCUT2D eigenvalue weighted by Crippen LogP contribution is -2.43. The summed E-state index contributed by atoms with van der Waals surface area (Å²) in [5.41, 5.74) is -0.358. The molecule has 0 radical (unpaired) electrons. The van der Waals surface area contributed by atoms with Crippen molar-refractivity contribution in [3.05, 3.63) is 0 Å². The van der Waals surface area contributed by atoms with Crippen LogP contribution in [0.4, 0.5) is 0 Å². The van der Waals surface area contributed by atoms with Crippen LogP contribution >= 0.6 is 0 Å². The maximum absolute atomic E-state index is 10.4. The van der Waals surface area contributed by atoms with Crippen LogP contribution in [0.5, 0.6) is 0 Å². The van der Waals surface area contributed by atoms with Crippen molar-refractivity contribution in [1.29, 1.82) is 0 Å². The summed E-state index contributed by atoms with van der Waals surface area (Å²) in [6.07, 6.45) is 5.33. The predicted molar refractivity (Wildman–Crippen MR) is 60.4 cm³/mol. The van der Waals surface area contributed by atoms with E-state index in [1.54, 1.807) is 0 Å². The maximum Gasteiger partial charge on any atom is 0.0674 e. The Morgan fingerprint density at radius 3 is 2.14 bits per heavy atom. The molecule has 84 valence electrons. The van der Waals surface area contributed by atoms with Crippen LogP contribution < -0.4 is 0 Å². The van der Waals surface area contributed by atoms with E-state index in [0.29, 0.717) is 5.92 Å². The van der Waals surface area contributed by atoms with E-state index >= 15 is 0 Å². The van der Waals surface area contributed by atoms with Crippen LogP contribution in [-0.4, -0.2) is 35.7 Å². The van der Waals surface area contributed by atoms with Crippen molar-refractivity contribution in [2.75, 3.05) is 20.1 Å². The third-order valence-corrected chi connectivity index (χ3v) is 3.74. The molecular weight excluding hydrogens is 174 g/mol. The van der Waals surface area contributed by atoms with E-state index in [1.165, 1.54) is 12.8 Å². The lowest BCUT2D eigenvalue weighted by atomic mass is 9.81. The monoisotopic (exact) mass is 199 g/mol. The van der Waals surface area contributed by atoms with Crippen LogP contribution in [0.3, 0.4) is 0 Å². The summed E-state index contributed by atoms with van der Waals surface area (Å²) in [6.45, 7) is 6.56. The summed E-state index contributed by atoms with van der Waals surface area (Å²) in [5.74, 6) is 0.711. The quantitative estimate of drug-likeness (QED) is 0.751. The third-order valence-electron chi connectivity index (χ3n) is 3.74. The average molecular weight is 199 g/mol. The lowest BCUT2D eigenvalue weighted by Gasteiger charge is -2.38. The van der Waals surface area contributed by atoms with Crippen LogP contribution in [0.25, 0.3) is 0 Å². The van der Waals surface area contributed by atoms with Gasteiger partial charge in [-0.3, -0.25) is 0 Å². The van der Waals surface area contributed by atoms with Crippen LogP contribution in [0.2, 0.25) is 0 Å². The first-order chi connectivity index (χ1) is 6.59. The van der Waals surface area contributed by atoms with Gasteiger partial charge in [-0.2, -0.15) is 0 Å². The molecule has 0 aromatic carbocycles. The van der Waals surface area contributed by atoms with Crippen molar-refractivity contribution < 1.29 is 5.11 Å². The molecule has 1 heterocycles. The number of piperidine rings is 1. The molecule has 0 aliphatic carbocycles. The zero-order valence-electron chi connectivity index (χ0n) is 9.92. The number of hydrogen-bond acceptors (Lipinski definition) is 2. The van der Waals surface area contributed by atoms with E-state index in [4.69, 9.17) is 0 Å². The zero-order chi connectivity index (χ0) is 10.6. The minimum atomic E-state index is -0.358. The van der Waals surface area contributed by atoms with E-state index in [-0.39, 0.29) is 5.60 Å². The first kappa shape index (κ1) is 12.0. The summed E-state index contributed by atoms with van der Waals surface area (Å²) in [7, 11) is 2.14. The van der Waals surface area contributed by atoms with Gasteiger partial charge in [0.1, 0.15) is 0 Å². The van der Waals surface area contributed by atoms with Crippen molar-refractivity contribution in [3.63, 3.8) is 0 Å². The highest BCUT2D eigenvalue weighted by Gasteiger charge is 2.32. The Labute approximate surface area is 88.3 Å². The highest BCUT2D eigenvalue weighted by Crippen LogP contribution is 2.30. The molecule has 0 atom stereocenters. The molecule has 1 N–H and O–H groups in total. The molecule has 0 amide bonds. The van der Waals surface area contributed by atoms with E-state index in [0.717, 1.165) is 32.4 Å². The first-order valence-corrected chi connectivity index (χ1v) is 6.00. The summed E-state index contributed by atoms with van der Waals surface area (Å²) >= 11 is 0. The van der Waals surface area contributed by atoms with Gasteiger partial charge in [0.25, 0.3) is 0 Å². The first-order valence-electron chi connectivity index (χ1n) is 6.00. The Kier molecular flexibility index (Phi) is 4.39. The second kappa shape index (κ2) is 5.13. The molecule has 14 heavy (non-hydrogen) atoms. The maximum atomic E-state index is 10.4. The second-order valence-electron chi connectivity index (χ2n) is 4.91. The Bertz CT molecular complexity index is 158. The summed E-state index contributed by atoms with van der Waals surface area (Å²) in [4.78, 5) is 2.31. The fourth-order valence-electron chi connectivity index (χ4n) is 2.35. The van der Waals surface area contributed by atoms with Crippen LogP contribution in [0.15, 0.2) is 0 Å². The Morgan fingerprint density at radius 2 is 1.71 bits per heavy atom. The second-order valence-corrected chi connectivity index (χ2v) is 4.91. The molecule has 2 nitrogen and oxygen atoms in total. The van der Waals surface area contributed by atoms with E-state index in [1.807, 2.05) is 0 Å². The minimum Gasteiger partial charge on any atom is -0.390 e. The molecule has 1 fully saturated rings. The minimum absolute atomic E-state index is 0.358. The Balaban J connectivity index is 2.41. The normalized spacial score (nSPS) is 22.9. The summed E-state index contributed by atoms with van der Waals surface area (Å²) in [6, 6.07) is 0. The van der Waals surface area contributed by atoms with E-state index in [2.05, 4.69) is 25.8 Å². The van der Waals surface area contributed by atoms with Gasteiger partial charge in [0.05, 0.1) is 5.60 Å². The molecule has 1 saturated heterocycles. The number of hydrogen-bond donors (Lipinski definition) is 1. The number of likely N-dealkylation sites (tertiary alicyclic amines) is 1. The topological polar surface area (TPSA) is 23.5 Å². The van der Waals surface area contributed by atoms with Crippen LogP contribution in [-0.2, 0) is 0 Å². The summed E-state index contributed by atoms with van der Waals surface area (Å²) < 4.78 is 0. The van der Waals surface area contributed by atoms with Gasteiger partial charge in [0.2, 0.25) is 0 Å². The molecule has 0 spiro atoms. The number of nitrogens with zero attached hydrogens (tertiary/aromatic N) is 1. The lowest BCUT2D eigenvalue weighted by molar-refractivity contribution is -0.0351. The standard InChI is InChI=1S/C12H25NO/c1-4-11(5-2)10-12(14)6-8-13(3)9-7-12/h11,14H,4-10H2,1-3H3. The Hall–Kier alpha value is -0.0800. The fraction of sp³-hybridized carbons (Fsp3) is 1.00. The molecule has 1 aliphatic heterocycles. The summed E-state index contributed by atoms with van der Waals surface area (Å²) in [5, 5.41) is 10.4. The molecule has 2 heteroatoms. The molecule has 0 bridgehead atoms. The molecule has 0 saturated carbocycles. The van der Waals surface area contributed by atoms with Crippen LogP contribution in [0.1, 0.15) is 46.0 Å². The van der Waals surface area contributed by atoms with Gasteiger partial charge in [0.15, 0.2) is 0 Å². The van der Waals surface area contributed by atoms with Crippen molar-refractivity contribution in [3.8, 4) is 0 Å². The highest BCUT2D eigenvalue weighted by molar-refractivity contribution is 4.86. The molecule has 0 aromatic rings. The smallest absolute Gasteiger partial charge is 0.0674 e. The zero-order valence-corrected chi connectivity index (χ0v) is 9.92. The van der Waals surface area contributed by atoms with Crippen molar-refractivity contribution in [1.82, 2.24) is 4.90 Å². The number of rotatable bonds is 4. The largest absolute Gasteiger partial charge is 0.390 e. The Morgan fingerprint density at radius 1 is 1.21 bits per heavy atom. The van der Waals surface area contributed by atoms with Gasteiger partial charge in [0, 0.05) is 13.1 Å². The van der Waals surface area contributed by atoms with Gasteiger partial charge in [-0.1, -0.05) is 26.7 Å². The molecule has 1 rings (SSSR count). The highest BCUT2D eigenvalue weighted by atomic mass is 16.3. The third kappa shape index (κ3) is 3.25. The van der Waals surface area contributed by atoms with Gasteiger partial charge in [-0.15, -0.1) is 0 Å². The van der Waals surface area contributed by atoms with Gasteiger partial charge < -0.3 is 10.0 Å². The van der Waals surface area contributed by atoms with Crippen LogP contribution in [0, 0.1) is 5.92 Å². The molecule has 0 unspecified atom stereocenters. The van der Waals surface area contributed by atoms with E-state index in [9.17, 15) is 5.11 Å². The van der Waals surface area contributed by atoms with E-state index < -0.39 is 0 Å². The van der Waals surface area contributed by atoms with Crippen molar-refractivity contribution in [2.45, 2.75) is 51.6 Å². The molecular formula is C12H25NO.